The van der Waals surface area contributed by atoms with Gasteiger partial charge in [0.25, 0.3) is 0 Å². The Balaban J connectivity index is -0.0000000793. The van der Waals surface area contributed by atoms with Crippen molar-refractivity contribution in [3.63, 3.8) is 0 Å². The van der Waals surface area contributed by atoms with E-state index in [4.69, 9.17) is 102 Å². The molecule has 0 aliphatic rings. The SMILES string of the molecule is CCCCCCCC(=O)O.CCCCCCCC(=O)O.OCC(O)CO.OCC(O)CO.OCC(O)CO.OCC(O)CO.OCC(O)CO.OCC(O)CO. The van der Waals surface area contributed by atoms with E-state index in [1.165, 1.54) is 38.5 Å². The number of hydrogen-bond donors (Lipinski definition) is 20. The maximum absolute atomic E-state index is 10.0. The number of carboxylic acid groups (broad SMARTS) is 2. The van der Waals surface area contributed by atoms with Gasteiger partial charge in [-0.25, -0.2) is 0 Å². The van der Waals surface area contributed by atoms with Gasteiger partial charge in [0.05, 0.1) is 79.3 Å². The minimum Gasteiger partial charge on any atom is -0.481 e. The van der Waals surface area contributed by atoms with Crippen LogP contribution in [0.3, 0.4) is 0 Å². The van der Waals surface area contributed by atoms with Crippen LogP contribution in [0.5, 0.6) is 0 Å². The van der Waals surface area contributed by atoms with Gasteiger partial charge >= 0.3 is 11.9 Å². The van der Waals surface area contributed by atoms with E-state index in [0.717, 1.165) is 25.7 Å². The van der Waals surface area contributed by atoms with E-state index in [1.807, 2.05) is 0 Å². The fraction of sp³-hybridized carbons (Fsp3) is 0.941. The fourth-order valence-corrected chi connectivity index (χ4v) is 2.11. The molecule has 0 aliphatic carbocycles. The third kappa shape index (κ3) is 104. The first kappa shape index (κ1) is 71.9. The van der Waals surface area contributed by atoms with Gasteiger partial charge in [-0.3, -0.25) is 9.59 Å². The summed E-state index contributed by atoms with van der Waals surface area (Å²) >= 11 is 0. The molecule has 0 unspecified atom stereocenters. The smallest absolute Gasteiger partial charge is 0.303 e. The van der Waals surface area contributed by atoms with Crippen molar-refractivity contribution in [1.82, 2.24) is 0 Å². The van der Waals surface area contributed by atoms with E-state index in [1.54, 1.807) is 0 Å². The average molecular weight is 841 g/mol. The number of carboxylic acids is 2. The van der Waals surface area contributed by atoms with E-state index in [0.29, 0.717) is 12.8 Å². The number of hydrogen-bond acceptors (Lipinski definition) is 20. The predicted octanol–water partition coefficient (Wildman–Crippen LogP) is -5.15. The molecule has 0 spiro atoms. The Labute approximate surface area is 330 Å². The van der Waals surface area contributed by atoms with Crippen molar-refractivity contribution in [2.75, 3.05) is 79.3 Å². The molecule has 0 rings (SSSR count). The lowest BCUT2D eigenvalue weighted by molar-refractivity contribution is -0.138. The predicted molar refractivity (Wildman–Crippen MR) is 203 cm³/mol. The summed E-state index contributed by atoms with van der Waals surface area (Å²) in [6, 6.07) is 0. The highest BCUT2D eigenvalue weighted by Gasteiger charge is 1.98. The van der Waals surface area contributed by atoms with Crippen molar-refractivity contribution < 1.29 is 112 Å². The van der Waals surface area contributed by atoms with E-state index in [9.17, 15) is 9.59 Å². The van der Waals surface area contributed by atoms with Crippen LogP contribution in [0.4, 0.5) is 0 Å². The number of unbranched alkanes of at least 4 members (excludes halogenated alkanes) is 8. The molecule has 20 N–H and O–H groups in total. The monoisotopic (exact) mass is 841 g/mol. The van der Waals surface area contributed by atoms with Crippen LogP contribution < -0.4 is 0 Å². The van der Waals surface area contributed by atoms with Crippen molar-refractivity contribution >= 4 is 11.9 Å². The van der Waals surface area contributed by atoms with Crippen LogP contribution in [0.2, 0.25) is 0 Å². The first-order valence-electron chi connectivity index (χ1n) is 18.2. The van der Waals surface area contributed by atoms with E-state index < -0.39 is 48.6 Å². The second kappa shape index (κ2) is 67.9. The summed E-state index contributed by atoms with van der Waals surface area (Å²) in [6.45, 7) is -0.0750. The summed E-state index contributed by atoms with van der Waals surface area (Å²) in [5.41, 5.74) is 0. The Kier molecular flexibility index (Phi) is 87.2. The third-order valence-electron chi connectivity index (χ3n) is 5.52. The molecular weight excluding hydrogens is 760 g/mol. The Morgan fingerprint density at radius 2 is 0.446 bits per heavy atom. The Morgan fingerprint density at radius 1 is 0.304 bits per heavy atom. The molecule has 0 saturated heterocycles. The molecule has 0 fully saturated rings. The van der Waals surface area contributed by atoms with E-state index in [2.05, 4.69) is 13.8 Å². The molecule has 0 amide bonds. The average Bonchev–Trinajstić information content (AvgIpc) is 3.22. The lowest BCUT2D eigenvalue weighted by atomic mass is 10.1. The summed E-state index contributed by atoms with van der Waals surface area (Å²) in [4.78, 5) is 20.1. The van der Waals surface area contributed by atoms with E-state index >= 15 is 0 Å². The van der Waals surface area contributed by atoms with Crippen LogP contribution >= 0.6 is 0 Å². The van der Waals surface area contributed by atoms with Crippen LogP contribution in [-0.2, 0) is 9.59 Å². The minimum atomic E-state index is -0.954. The fourth-order valence-electron chi connectivity index (χ4n) is 2.11. The molecule has 348 valence electrons. The highest BCUT2D eigenvalue weighted by Crippen LogP contribution is 2.05. The molecular formula is C34H80O22. The number of aliphatic hydroxyl groups excluding tert-OH is 18. The molecule has 0 aromatic rings. The lowest BCUT2D eigenvalue weighted by Gasteiger charge is -1.96. The quantitative estimate of drug-likeness (QED) is 0.0404. The molecule has 0 saturated carbocycles. The van der Waals surface area contributed by atoms with Gasteiger partial charge in [0.15, 0.2) is 0 Å². The summed E-state index contributed by atoms with van der Waals surface area (Å²) < 4.78 is 0. The lowest BCUT2D eigenvalue weighted by Crippen LogP contribution is -2.15. The summed E-state index contributed by atoms with van der Waals surface area (Å²) in [5.74, 6) is -1.34. The molecule has 22 nitrogen and oxygen atoms in total. The largest absolute Gasteiger partial charge is 0.481 e. The zero-order valence-electron chi connectivity index (χ0n) is 33.2. The first-order chi connectivity index (χ1) is 26.4. The van der Waals surface area contributed by atoms with Gasteiger partial charge < -0.3 is 102 Å². The van der Waals surface area contributed by atoms with Gasteiger partial charge in [0.1, 0.15) is 36.6 Å². The highest BCUT2D eigenvalue weighted by molar-refractivity contribution is 5.66. The van der Waals surface area contributed by atoms with Gasteiger partial charge in [0.2, 0.25) is 0 Å². The van der Waals surface area contributed by atoms with Crippen LogP contribution in [0, 0.1) is 0 Å². The molecule has 0 bridgehead atoms. The van der Waals surface area contributed by atoms with Crippen molar-refractivity contribution in [3.8, 4) is 0 Å². The van der Waals surface area contributed by atoms with Gasteiger partial charge in [0, 0.05) is 12.8 Å². The third-order valence-corrected chi connectivity index (χ3v) is 5.52. The van der Waals surface area contributed by atoms with Gasteiger partial charge in [-0.15, -0.1) is 0 Å². The maximum atomic E-state index is 10.0. The number of aliphatic carboxylic acids is 2. The van der Waals surface area contributed by atoms with Crippen LogP contribution in [0.1, 0.15) is 90.9 Å². The van der Waals surface area contributed by atoms with Crippen LogP contribution in [0.15, 0.2) is 0 Å². The molecule has 0 atom stereocenters. The van der Waals surface area contributed by atoms with Crippen molar-refractivity contribution in [2.45, 2.75) is 128 Å². The topological polar surface area (TPSA) is 439 Å². The summed E-state index contributed by atoms with van der Waals surface area (Å²) in [7, 11) is 0. The normalized spacial score (nSPS) is 9.89. The molecule has 0 aromatic carbocycles. The molecule has 56 heavy (non-hydrogen) atoms. The zero-order valence-corrected chi connectivity index (χ0v) is 33.2. The van der Waals surface area contributed by atoms with Crippen molar-refractivity contribution in [2.24, 2.45) is 0 Å². The van der Waals surface area contributed by atoms with Gasteiger partial charge in [-0.05, 0) is 12.8 Å². The summed E-state index contributed by atoms with van der Waals surface area (Å²) in [5, 5.41) is 161. The molecule has 0 radical (unpaired) electrons. The second-order valence-electron chi connectivity index (χ2n) is 11.2. The van der Waals surface area contributed by atoms with Crippen LogP contribution in [0.25, 0.3) is 0 Å². The van der Waals surface area contributed by atoms with E-state index in [-0.39, 0.29) is 79.3 Å². The molecule has 0 aromatic heterocycles. The first-order valence-corrected chi connectivity index (χ1v) is 18.2. The maximum Gasteiger partial charge on any atom is 0.303 e. The molecule has 0 aliphatic heterocycles. The Hall–Kier alpha value is -1.78. The minimum absolute atomic E-state index is 0.337. The van der Waals surface area contributed by atoms with Gasteiger partial charge in [-0.2, -0.15) is 0 Å². The standard InChI is InChI=1S/2C8H16O2.6C3H8O3/c2*1-2-3-4-5-6-7-8(9)10;6*4-1-3(6)2-5/h2*2-7H2,1H3,(H,9,10);6*3-6H,1-2H2. The second-order valence-corrected chi connectivity index (χ2v) is 11.2. The number of carbonyl (C=O) groups is 2. The molecule has 22 heteroatoms. The van der Waals surface area contributed by atoms with Crippen molar-refractivity contribution in [1.29, 1.82) is 0 Å². The van der Waals surface area contributed by atoms with Crippen LogP contribution in [-0.4, -0.2) is 230 Å². The Bertz CT molecular complexity index is 542. The number of rotatable bonds is 24. The molecule has 0 heterocycles. The summed E-state index contributed by atoms with van der Waals surface area (Å²) in [6.07, 6.45) is 6.05. The highest BCUT2D eigenvalue weighted by atomic mass is 16.4. The number of aliphatic hydroxyl groups is 18. The Morgan fingerprint density at radius 3 is 0.536 bits per heavy atom. The van der Waals surface area contributed by atoms with Gasteiger partial charge in [-0.1, -0.05) is 65.2 Å². The zero-order chi connectivity index (χ0) is 45.6. The van der Waals surface area contributed by atoms with Crippen molar-refractivity contribution in [3.05, 3.63) is 0 Å².